The van der Waals surface area contributed by atoms with Crippen molar-refractivity contribution in [2.24, 2.45) is 5.73 Å². The Bertz CT molecular complexity index is 328. The standard InChI is InChI=1S/C10H14FNO2/c1-6-2-3-7(11)10(14)9(6)8(12)4-5-13/h2-3,8,13-14H,4-5,12H2,1H3. The molecule has 1 unspecified atom stereocenters. The lowest BCUT2D eigenvalue weighted by Crippen LogP contribution is -2.14. The second kappa shape index (κ2) is 4.39. The first-order valence-electron chi connectivity index (χ1n) is 4.42. The molecule has 0 aliphatic rings. The van der Waals surface area contributed by atoms with E-state index in [0.29, 0.717) is 12.0 Å². The van der Waals surface area contributed by atoms with Crippen molar-refractivity contribution in [2.45, 2.75) is 19.4 Å². The maximum atomic E-state index is 13.0. The van der Waals surface area contributed by atoms with E-state index in [1.165, 1.54) is 6.07 Å². The largest absolute Gasteiger partial charge is 0.505 e. The topological polar surface area (TPSA) is 66.5 Å². The van der Waals surface area contributed by atoms with E-state index in [4.69, 9.17) is 10.8 Å². The molecule has 4 heteroatoms. The van der Waals surface area contributed by atoms with Crippen LogP contribution in [0.5, 0.6) is 5.75 Å². The first kappa shape index (κ1) is 10.9. The summed E-state index contributed by atoms with van der Waals surface area (Å²) in [6.07, 6.45) is 0.303. The molecule has 0 heterocycles. The van der Waals surface area contributed by atoms with Crippen molar-refractivity contribution in [2.75, 3.05) is 6.61 Å². The third-order valence-corrected chi connectivity index (χ3v) is 2.20. The maximum Gasteiger partial charge on any atom is 0.165 e. The lowest BCUT2D eigenvalue weighted by molar-refractivity contribution is 0.275. The van der Waals surface area contributed by atoms with E-state index < -0.39 is 17.6 Å². The van der Waals surface area contributed by atoms with Gasteiger partial charge in [-0.1, -0.05) is 6.07 Å². The van der Waals surface area contributed by atoms with Gasteiger partial charge in [-0.25, -0.2) is 4.39 Å². The quantitative estimate of drug-likeness (QED) is 0.685. The number of phenols is 1. The molecule has 4 N–H and O–H groups in total. The van der Waals surface area contributed by atoms with E-state index >= 15 is 0 Å². The van der Waals surface area contributed by atoms with Crippen molar-refractivity contribution in [3.8, 4) is 5.75 Å². The van der Waals surface area contributed by atoms with Crippen LogP contribution in [-0.2, 0) is 0 Å². The average Bonchev–Trinajstić information content (AvgIpc) is 2.13. The minimum atomic E-state index is -0.681. The first-order chi connectivity index (χ1) is 6.57. The summed E-state index contributed by atoms with van der Waals surface area (Å²) in [5, 5.41) is 18.1. The molecule has 0 aromatic heterocycles. The van der Waals surface area contributed by atoms with Crippen molar-refractivity contribution >= 4 is 0 Å². The zero-order valence-corrected chi connectivity index (χ0v) is 8.00. The summed E-state index contributed by atoms with van der Waals surface area (Å²) < 4.78 is 13.0. The van der Waals surface area contributed by atoms with Crippen LogP contribution >= 0.6 is 0 Å². The molecule has 1 aromatic rings. The summed E-state index contributed by atoms with van der Waals surface area (Å²) in [4.78, 5) is 0. The van der Waals surface area contributed by atoms with Gasteiger partial charge in [-0.3, -0.25) is 0 Å². The minimum absolute atomic E-state index is 0.0867. The Balaban J connectivity index is 3.11. The molecule has 0 spiro atoms. The van der Waals surface area contributed by atoms with Crippen LogP contribution in [0.25, 0.3) is 0 Å². The normalized spacial score (nSPS) is 12.9. The molecule has 14 heavy (non-hydrogen) atoms. The molecule has 0 saturated heterocycles. The molecule has 0 bridgehead atoms. The van der Waals surface area contributed by atoms with Crippen LogP contribution < -0.4 is 5.73 Å². The fourth-order valence-corrected chi connectivity index (χ4v) is 1.43. The van der Waals surface area contributed by atoms with Crippen molar-refractivity contribution in [1.29, 1.82) is 0 Å². The average molecular weight is 199 g/mol. The number of hydrogen-bond acceptors (Lipinski definition) is 3. The highest BCUT2D eigenvalue weighted by Crippen LogP contribution is 2.30. The van der Waals surface area contributed by atoms with E-state index in [2.05, 4.69) is 0 Å². The first-order valence-corrected chi connectivity index (χ1v) is 4.42. The molecule has 0 aliphatic carbocycles. The number of aliphatic hydroxyl groups is 1. The Hall–Kier alpha value is -1.13. The van der Waals surface area contributed by atoms with Crippen LogP contribution in [0.2, 0.25) is 0 Å². The Kier molecular flexibility index (Phi) is 3.43. The number of rotatable bonds is 3. The lowest BCUT2D eigenvalue weighted by atomic mass is 9.98. The van der Waals surface area contributed by atoms with Gasteiger partial charge in [0.05, 0.1) is 0 Å². The van der Waals surface area contributed by atoms with Gasteiger partial charge in [-0.15, -0.1) is 0 Å². The molecule has 1 rings (SSSR count). The number of benzene rings is 1. The number of halogens is 1. The fraction of sp³-hybridized carbons (Fsp3) is 0.400. The Morgan fingerprint density at radius 2 is 2.14 bits per heavy atom. The van der Waals surface area contributed by atoms with Gasteiger partial charge in [0, 0.05) is 18.2 Å². The predicted molar refractivity (Wildman–Crippen MR) is 51.4 cm³/mol. The van der Waals surface area contributed by atoms with Gasteiger partial charge in [0.25, 0.3) is 0 Å². The summed E-state index contributed by atoms with van der Waals surface area (Å²) in [5.74, 6) is -1.09. The molecule has 0 fully saturated rings. The van der Waals surface area contributed by atoms with E-state index in [-0.39, 0.29) is 6.61 Å². The minimum Gasteiger partial charge on any atom is -0.505 e. The fourth-order valence-electron chi connectivity index (χ4n) is 1.43. The molecule has 0 saturated carbocycles. The Labute approximate surface area is 82.0 Å². The van der Waals surface area contributed by atoms with Gasteiger partial charge in [-0.05, 0) is 25.0 Å². The smallest absolute Gasteiger partial charge is 0.165 e. The van der Waals surface area contributed by atoms with Gasteiger partial charge in [0.15, 0.2) is 11.6 Å². The zero-order chi connectivity index (χ0) is 10.7. The van der Waals surface area contributed by atoms with Crippen LogP contribution in [-0.4, -0.2) is 16.8 Å². The highest BCUT2D eigenvalue weighted by molar-refractivity contribution is 5.41. The van der Waals surface area contributed by atoms with Crippen molar-refractivity contribution in [3.63, 3.8) is 0 Å². The maximum absolute atomic E-state index is 13.0. The van der Waals surface area contributed by atoms with Crippen LogP contribution in [0.1, 0.15) is 23.6 Å². The number of aromatic hydroxyl groups is 1. The van der Waals surface area contributed by atoms with E-state index in [1.54, 1.807) is 13.0 Å². The number of nitrogens with two attached hydrogens (primary N) is 1. The number of aryl methyl sites for hydroxylation is 1. The molecular formula is C10H14FNO2. The van der Waals surface area contributed by atoms with Crippen LogP contribution in [0, 0.1) is 12.7 Å². The highest BCUT2D eigenvalue weighted by atomic mass is 19.1. The predicted octanol–water partition coefficient (Wildman–Crippen LogP) is 1.22. The SMILES string of the molecule is Cc1ccc(F)c(O)c1C(N)CCO. The second-order valence-electron chi connectivity index (χ2n) is 3.25. The molecular weight excluding hydrogens is 185 g/mol. The monoisotopic (exact) mass is 199 g/mol. The van der Waals surface area contributed by atoms with Gasteiger partial charge >= 0.3 is 0 Å². The van der Waals surface area contributed by atoms with E-state index in [1.807, 2.05) is 0 Å². The van der Waals surface area contributed by atoms with Gasteiger partial charge in [0.1, 0.15) is 0 Å². The zero-order valence-electron chi connectivity index (χ0n) is 8.00. The van der Waals surface area contributed by atoms with E-state index in [9.17, 15) is 9.50 Å². The van der Waals surface area contributed by atoms with Crippen LogP contribution in [0.4, 0.5) is 4.39 Å². The lowest BCUT2D eigenvalue weighted by Gasteiger charge is -2.15. The van der Waals surface area contributed by atoms with Crippen LogP contribution in [0.3, 0.4) is 0 Å². The number of hydrogen-bond donors (Lipinski definition) is 3. The molecule has 3 nitrogen and oxygen atoms in total. The molecule has 1 atom stereocenters. The summed E-state index contributed by atoms with van der Waals surface area (Å²) in [5.41, 5.74) is 6.79. The third kappa shape index (κ3) is 2.02. The van der Waals surface area contributed by atoms with Crippen LogP contribution in [0.15, 0.2) is 12.1 Å². The van der Waals surface area contributed by atoms with Crippen molar-refractivity contribution in [3.05, 3.63) is 29.1 Å². The van der Waals surface area contributed by atoms with Gasteiger partial charge in [-0.2, -0.15) is 0 Å². The second-order valence-corrected chi connectivity index (χ2v) is 3.25. The number of phenolic OH excluding ortho intramolecular Hbond substituents is 1. The van der Waals surface area contributed by atoms with Gasteiger partial charge < -0.3 is 15.9 Å². The molecule has 0 amide bonds. The Morgan fingerprint density at radius 1 is 1.50 bits per heavy atom. The summed E-state index contributed by atoms with van der Waals surface area (Å²) in [6.45, 7) is 1.66. The number of aliphatic hydroxyl groups excluding tert-OH is 1. The third-order valence-electron chi connectivity index (χ3n) is 2.20. The molecule has 0 aliphatic heterocycles. The van der Waals surface area contributed by atoms with E-state index in [0.717, 1.165) is 5.56 Å². The van der Waals surface area contributed by atoms with Crippen molar-refractivity contribution in [1.82, 2.24) is 0 Å². The highest BCUT2D eigenvalue weighted by Gasteiger charge is 2.16. The summed E-state index contributed by atoms with van der Waals surface area (Å²) in [6, 6.07) is 2.22. The molecule has 78 valence electrons. The molecule has 1 aromatic carbocycles. The summed E-state index contributed by atoms with van der Waals surface area (Å²) in [7, 11) is 0. The Morgan fingerprint density at radius 3 is 2.71 bits per heavy atom. The van der Waals surface area contributed by atoms with Crippen molar-refractivity contribution < 1.29 is 14.6 Å². The molecule has 0 radical (unpaired) electrons. The summed E-state index contributed by atoms with van der Waals surface area (Å²) >= 11 is 0. The van der Waals surface area contributed by atoms with Gasteiger partial charge in [0.2, 0.25) is 0 Å².